The molecule has 1 saturated heterocycles. The lowest BCUT2D eigenvalue weighted by Crippen LogP contribution is -2.50. The second kappa shape index (κ2) is 8.34. The maximum Gasteiger partial charge on any atom is 0.247 e. The Kier molecular flexibility index (Phi) is 5.46. The molecule has 1 fully saturated rings. The zero-order valence-corrected chi connectivity index (χ0v) is 16.6. The van der Waals surface area contributed by atoms with Crippen molar-refractivity contribution in [2.24, 2.45) is 5.92 Å². The number of aromatic nitrogens is 4. The number of hydrogen-bond donors (Lipinski definition) is 1. The molecule has 148 valence electrons. The highest BCUT2D eigenvalue weighted by molar-refractivity contribution is 5.97. The summed E-state index contributed by atoms with van der Waals surface area (Å²) in [5.74, 6) is 1.69. The van der Waals surface area contributed by atoms with E-state index >= 15 is 0 Å². The minimum atomic E-state index is -0.300. The smallest absolute Gasteiger partial charge is 0.247 e. The van der Waals surface area contributed by atoms with Crippen molar-refractivity contribution in [1.82, 2.24) is 19.9 Å². The molecule has 3 heterocycles. The van der Waals surface area contributed by atoms with Gasteiger partial charge in [0.1, 0.15) is 6.04 Å². The van der Waals surface area contributed by atoms with E-state index < -0.39 is 0 Å². The summed E-state index contributed by atoms with van der Waals surface area (Å²) in [6, 6.07) is 9.08. The zero-order valence-electron chi connectivity index (χ0n) is 16.6. The topological polar surface area (TPSA) is 83.9 Å². The highest BCUT2D eigenvalue weighted by atomic mass is 16.2. The van der Waals surface area contributed by atoms with Gasteiger partial charge in [-0.2, -0.15) is 0 Å². The van der Waals surface area contributed by atoms with Crippen molar-refractivity contribution >= 4 is 17.5 Å². The van der Waals surface area contributed by atoms with Crippen LogP contribution in [-0.4, -0.2) is 38.4 Å². The lowest BCUT2D eigenvalue weighted by Gasteiger charge is -2.37. The fraction of sp³-hybridized carbons (Fsp3) is 0.318. The van der Waals surface area contributed by atoms with Gasteiger partial charge in [0.05, 0.1) is 0 Å². The van der Waals surface area contributed by atoms with Crippen LogP contribution in [0.5, 0.6) is 0 Å². The van der Waals surface area contributed by atoms with Gasteiger partial charge in [-0.1, -0.05) is 13.0 Å². The van der Waals surface area contributed by atoms with Crippen LogP contribution in [0.25, 0.3) is 11.4 Å². The third-order valence-electron chi connectivity index (χ3n) is 5.24. The number of anilines is 2. The molecule has 1 N–H and O–H groups in total. The third kappa shape index (κ3) is 4.23. The van der Waals surface area contributed by atoms with E-state index in [9.17, 15) is 4.79 Å². The van der Waals surface area contributed by atoms with Crippen LogP contribution in [0.1, 0.15) is 25.3 Å². The summed E-state index contributed by atoms with van der Waals surface area (Å²) in [6.45, 7) is 4.96. The Bertz CT molecular complexity index is 979. The standard InChI is InChI=1S/C22H24N6O/c1-15-5-8-19(28(14-15)22-25-11-4-12-26-22)21(29)27-17-7-6-16(2)18(13-17)20-23-9-3-10-24-20/h3-4,6-7,9-13,15,19H,5,8,14H2,1-2H3,(H,27,29)/t15-,19+/m0/s1. The molecule has 0 bridgehead atoms. The van der Waals surface area contributed by atoms with Crippen molar-refractivity contribution in [3.8, 4) is 11.4 Å². The lowest BCUT2D eigenvalue weighted by atomic mass is 9.94. The summed E-state index contributed by atoms with van der Waals surface area (Å²) < 4.78 is 0. The van der Waals surface area contributed by atoms with Crippen molar-refractivity contribution in [3.05, 3.63) is 60.7 Å². The highest BCUT2D eigenvalue weighted by Crippen LogP contribution is 2.27. The van der Waals surface area contributed by atoms with Gasteiger partial charge >= 0.3 is 0 Å². The largest absolute Gasteiger partial charge is 0.329 e. The van der Waals surface area contributed by atoms with Crippen LogP contribution >= 0.6 is 0 Å². The van der Waals surface area contributed by atoms with Crippen molar-refractivity contribution in [2.45, 2.75) is 32.7 Å². The van der Waals surface area contributed by atoms with E-state index in [-0.39, 0.29) is 11.9 Å². The molecule has 0 radical (unpaired) electrons. The Hall–Kier alpha value is -3.35. The Morgan fingerprint density at radius 2 is 1.72 bits per heavy atom. The van der Waals surface area contributed by atoms with Gasteiger partial charge in [-0.15, -0.1) is 0 Å². The van der Waals surface area contributed by atoms with E-state index in [0.717, 1.165) is 36.2 Å². The molecule has 0 spiro atoms. The SMILES string of the molecule is Cc1ccc(NC(=O)[C@H]2CC[C@H](C)CN2c2ncccn2)cc1-c1ncccn1. The molecular formula is C22H24N6O. The number of benzene rings is 1. The first-order valence-electron chi connectivity index (χ1n) is 9.84. The number of carbonyl (C=O) groups is 1. The van der Waals surface area contributed by atoms with Gasteiger partial charge in [-0.25, -0.2) is 19.9 Å². The highest BCUT2D eigenvalue weighted by Gasteiger charge is 2.33. The number of piperidine rings is 1. The van der Waals surface area contributed by atoms with Crippen LogP contribution in [0.15, 0.2) is 55.1 Å². The maximum atomic E-state index is 13.2. The van der Waals surface area contributed by atoms with E-state index in [1.54, 1.807) is 36.9 Å². The van der Waals surface area contributed by atoms with Crippen molar-refractivity contribution in [3.63, 3.8) is 0 Å². The molecule has 1 aromatic carbocycles. The van der Waals surface area contributed by atoms with Crippen molar-refractivity contribution in [2.75, 3.05) is 16.8 Å². The van der Waals surface area contributed by atoms with E-state index in [0.29, 0.717) is 17.7 Å². The number of carbonyl (C=O) groups excluding carboxylic acids is 1. The van der Waals surface area contributed by atoms with Gasteiger partial charge in [-0.05, 0) is 55.5 Å². The molecule has 3 aromatic rings. The number of nitrogens with zero attached hydrogens (tertiary/aromatic N) is 5. The van der Waals surface area contributed by atoms with Crippen LogP contribution in [0, 0.1) is 12.8 Å². The fourth-order valence-electron chi connectivity index (χ4n) is 3.69. The van der Waals surface area contributed by atoms with E-state index in [1.165, 1.54) is 0 Å². The molecule has 2 atom stereocenters. The molecule has 7 heteroatoms. The Labute approximate surface area is 170 Å². The average Bonchev–Trinajstić information content (AvgIpc) is 2.76. The third-order valence-corrected chi connectivity index (χ3v) is 5.24. The van der Waals surface area contributed by atoms with Gasteiger partial charge in [0.2, 0.25) is 11.9 Å². The molecule has 0 saturated carbocycles. The quantitative estimate of drug-likeness (QED) is 0.737. The second-order valence-corrected chi connectivity index (χ2v) is 7.49. The van der Waals surface area contributed by atoms with E-state index in [1.807, 2.05) is 30.0 Å². The summed E-state index contributed by atoms with van der Waals surface area (Å²) >= 11 is 0. The number of nitrogens with one attached hydrogen (secondary N) is 1. The normalized spacial score (nSPS) is 19.0. The molecule has 0 aliphatic carbocycles. The van der Waals surface area contributed by atoms with Crippen molar-refractivity contribution < 1.29 is 4.79 Å². The Morgan fingerprint density at radius 3 is 2.45 bits per heavy atom. The molecule has 1 aliphatic rings. The van der Waals surface area contributed by atoms with Crippen LogP contribution < -0.4 is 10.2 Å². The zero-order chi connectivity index (χ0) is 20.2. The number of hydrogen-bond acceptors (Lipinski definition) is 6. The Balaban J connectivity index is 1.57. The monoisotopic (exact) mass is 388 g/mol. The minimum Gasteiger partial charge on any atom is -0.329 e. The van der Waals surface area contributed by atoms with Crippen molar-refractivity contribution in [1.29, 1.82) is 0 Å². The second-order valence-electron chi connectivity index (χ2n) is 7.49. The summed E-state index contributed by atoms with van der Waals surface area (Å²) in [7, 11) is 0. The van der Waals surface area contributed by atoms with Gasteiger partial charge in [-0.3, -0.25) is 4.79 Å². The molecule has 7 nitrogen and oxygen atoms in total. The number of amides is 1. The van der Waals surface area contributed by atoms with Gasteiger partial charge in [0, 0.05) is 42.6 Å². The van der Waals surface area contributed by atoms with Crippen LogP contribution in [0.3, 0.4) is 0 Å². The van der Waals surface area contributed by atoms with Gasteiger partial charge in [0.25, 0.3) is 0 Å². The molecule has 1 amide bonds. The summed E-state index contributed by atoms with van der Waals surface area (Å²) in [4.78, 5) is 32.5. The summed E-state index contributed by atoms with van der Waals surface area (Å²) in [6.07, 6.45) is 8.62. The maximum absolute atomic E-state index is 13.2. The summed E-state index contributed by atoms with van der Waals surface area (Å²) in [5.41, 5.74) is 2.69. The van der Waals surface area contributed by atoms with Gasteiger partial charge < -0.3 is 10.2 Å². The fourth-order valence-corrected chi connectivity index (χ4v) is 3.69. The van der Waals surface area contributed by atoms with E-state index in [4.69, 9.17) is 0 Å². The number of aryl methyl sites for hydroxylation is 1. The first kappa shape index (κ1) is 19.0. The predicted molar refractivity (Wildman–Crippen MR) is 112 cm³/mol. The van der Waals surface area contributed by atoms with Crippen LogP contribution in [-0.2, 0) is 4.79 Å². The van der Waals surface area contributed by atoms with E-state index in [2.05, 4.69) is 32.2 Å². The number of rotatable bonds is 4. The first-order valence-corrected chi connectivity index (χ1v) is 9.84. The molecular weight excluding hydrogens is 364 g/mol. The predicted octanol–water partition coefficient (Wildman–Crippen LogP) is 3.49. The van der Waals surface area contributed by atoms with Crippen LogP contribution in [0.4, 0.5) is 11.6 Å². The lowest BCUT2D eigenvalue weighted by molar-refractivity contribution is -0.118. The van der Waals surface area contributed by atoms with Crippen LogP contribution in [0.2, 0.25) is 0 Å². The molecule has 4 rings (SSSR count). The molecule has 1 aliphatic heterocycles. The molecule has 2 aromatic heterocycles. The first-order chi connectivity index (χ1) is 14.1. The molecule has 29 heavy (non-hydrogen) atoms. The average molecular weight is 388 g/mol. The van der Waals surface area contributed by atoms with Gasteiger partial charge in [0.15, 0.2) is 5.82 Å². The summed E-state index contributed by atoms with van der Waals surface area (Å²) in [5, 5.41) is 3.07. The Morgan fingerprint density at radius 1 is 1.03 bits per heavy atom. The minimum absolute atomic E-state index is 0.0480. The molecule has 0 unspecified atom stereocenters.